The van der Waals surface area contributed by atoms with Gasteiger partial charge in [0.15, 0.2) is 0 Å². The molecule has 1 unspecified atom stereocenters. The quantitative estimate of drug-likeness (QED) is 0.513. The summed E-state index contributed by atoms with van der Waals surface area (Å²) in [6, 6.07) is 1.15. The largest absolute Gasteiger partial charge is 0.297 e. The van der Waals surface area contributed by atoms with E-state index in [1.807, 2.05) is 27.0 Å². The molecule has 1 atom stereocenters. The van der Waals surface area contributed by atoms with Gasteiger partial charge in [-0.2, -0.15) is 0 Å². The molecule has 110 valence electrons. The van der Waals surface area contributed by atoms with Crippen molar-refractivity contribution in [2.45, 2.75) is 71.9 Å². The second kappa shape index (κ2) is 11.0. The number of hydrogen-bond acceptors (Lipinski definition) is 2. The van der Waals surface area contributed by atoms with Gasteiger partial charge in [0.05, 0.1) is 0 Å². The van der Waals surface area contributed by atoms with Crippen molar-refractivity contribution >= 4 is 6.72 Å². The van der Waals surface area contributed by atoms with Crippen LogP contribution in [-0.2, 0) is 0 Å². The first kappa shape index (κ1) is 18.1. The molecule has 1 aliphatic carbocycles. The Kier molecular flexibility index (Phi) is 10.5. The maximum atomic E-state index is 3.91. The van der Waals surface area contributed by atoms with Crippen LogP contribution in [0.5, 0.6) is 0 Å². The van der Waals surface area contributed by atoms with Gasteiger partial charge in [0.2, 0.25) is 0 Å². The van der Waals surface area contributed by atoms with E-state index in [4.69, 9.17) is 0 Å². The molecule has 1 rings (SSSR count). The first-order valence-electron chi connectivity index (χ1n) is 7.71. The fourth-order valence-electron chi connectivity index (χ4n) is 2.63. The van der Waals surface area contributed by atoms with Crippen LogP contribution in [0.4, 0.5) is 0 Å². The van der Waals surface area contributed by atoms with E-state index in [0.29, 0.717) is 6.04 Å². The van der Waals surface area contributed by atoms with Crippen LogP contribution in [0.15, 0.2) is 28.9 Å². The highest BCUT2D eigenvalue weighted by Crippen LogP contribution is 2.25. The van der Waals surface area contributed by atoms with Gasteiger partial charge in [0, 0.05) is 18.3 Å². The van der Waals surface area contributed by atoms with Crippen molar-refractivity contribution in [1.29, 1.82) is 0 Å². The number of aliphatic imine (C=N–C) groups is 1. The SMILES string of the molecule is C=N/C=C(\C=C/C)C(C)N(C)C1CCCCC1.CC. The number of nitrogens with zero attached hydrogens (tertiary/aromatic N) is 2. The fourth-order valence-corrected chi connectivity index (χ4v) is 2.63. The minimum absolute atomic E-state index is 0.416. The van der Waals surface area contributed by atoms with Gasteiger partial charge < -0.3 is 0 Å². The van der Waals surface area contributed by atoms with E-state index in [1.165, 1.54) is 37.7 Å². The molecule has 1 saturated carbocycles. The normalized spacial score (nSPS) is 19.2. The maximum absolute atomic E-state index is 3.91. The summed E-state index contributed by atoms with van der Waals surface area (Å²) in [7, 11) is 2.24. The van der Waals surface area contributed by atoms with E-state index in [1.54, 1.807) is 0 Å². The van der Waals surface area contributed by atoms with Crippen molar-refractivity contribution in [1.82, 2.24) is 4.90 Å². The molecule has 0 radical (unpaired) electrons. The molecule has 1 fully saturated rings. The van der Waals surface area contributed by atoms with Gasteiger partial charge in [-0.05, 0) is 46.0 Å². The van der Waals surface area contributed by atoms with Crippen LogP contribution in [-0.4, -0.2) is 30.7 Å². The van der Waals surface area contributed by atoms with E-state index in [2.05, 4.69) is 42.7 Å². The van der Waals surface area contributed by atoms with Crippen LogP contribution in [0.1, 0.15) is 59.8 Å². The molecule has 2 heteroatoms. The van der Waals surface area contributed by atoms with Crippen molar-refractivity contribution in [2.75, 3.05) is 7.05 Å². The Morgan fingerprint density at radius 1 is 1.26 bits per heavy atom. The van der Waals surface area contributed by atoms with Crippen molar-refractivity contribution in [2.24, 2.45) is 4.99 Å². The Morgan fingerprint density at radius 2 is 1.84 bits per heavy atom. The first-order valence-corrected chi connectivity index (χ1v) is 7.71. The molecular formula is C17H32N2. The summed E-state index contributed by atoms with van der Waals surface area (Å²) in [6.45, 7) is 11.9. The predicted octanol–water partition coefficient (Wildman–Crippen LogP) is 4.83. The third-order valence-electron chi connectivity index (χ3n) is 3.84. The molecule has 2 nitrogen and oxygen atoms in total. The average molecular weight is 264 g/mol. The van der Waals surface area contributed by atoms with E-state index in [9.17, 15) is 0 Å². The highest BCUT2D eigenvalue weighted by molar-refractivity contribution is 5.31. The third kappa shape index (κ3) is 6.20. The smallest absolute Gasteiger partial charge is 0.0334 e. The Bertz CT molecular complexity index is 286. The van der Waals surface area contributed by atoms with Gasteiger partial charge in [-0.15, -0.1) is 0 Å². The van der Waals surface area contributed by atoms with Gasteiger partial charge in [0.1, 0.15) is 0 Å². The summed E-state index contributed by atoms with van der Waals surface area (Å²) in [4.78, 5) is 6.41. The molecule has 0 aromatic heterocycles. The van der Waals surface area contributed by atoms with Crippen LogP contribution in [0, 0.1) is 0 Å². The van der Waals surface area contributed by atoms with Crippen LogP contribution >= 0.6 is 0 Å². The highest BCUT2D eigenvalue weighted by Gasteiger charge is 2.22. The van der Waals surface area contributed by atoms with Crippen molar-refractivity contribution < 1.29 is 0 Å². The molecule has 0 heterocycles. The molecule has 0 aromatic carbocycles. The Morgan fingerprint density at radius 3 is 2.32 bits per heavy atom. The zero-order chi connectivity index (χ0) is 14.7. The molecular weight excluding hydrogens is 232 g/mol. The summed E-state index contributed by atoms with van der Waals surface area (Å²) in [5.74, 6) is 0. The van der Waals surface area contributed by atoms with Gasteiger partial charge >= 0.3 is 0 Å². The van der Waals surface area contributed by atoms with Crippen molar-refractivity contribution in [3.8, 4) is 0 Å². The molecule has 19 heavy (non-hydrogen) atoms. The summed E-state index contributed by atoms with van der Waals surface area (Å²) in [5, 5.41) is 0. The van der Waals surface area contributed by atoms with Crippen LogP contribution in [0.3, 0.4) is 0 Å². The monoisotopic (exact) mass is 264 g/mol. The lowest BCUT2D eigenvalue weighted by Gasteiger charge is -2.36. The molecule has 0 aromatic rings. The Balaban J connectivity index is 0.00000154. The fraction of sp³-hybridized carbons (Fsp3) is 0.706. The van der Waals surface area contributed by atoms with Crippen LogP contribution in [0.2, 0.25) is 0 Å². The summed E-state index contributed by atoms with van der Waals surface area (Å²) in [5.41, 5.74) is 1.25. The lowest BCUT2D eigenvalue weighted by atomic mass is 9.92. The molecule has 1 aliphatic rings. The minimum atomic E-state index is 0.416. The molecule has 0 spiro atoms. The number of allylic oxidation sites excluding steroid dienone is 1. The standard InChI is InChI=1S/C15H26N2.C2H6/c1-5-9-14(12-16-3)13(2)17(4)15-10-7-6-8-11-15;1-2/h5,9,12-13,15H,3,6-8,10-11H2,1-2,4H3;1-2H3/b9-5-,14-12+;. The first-order chi connectivity index (χ1) is 9.20. The summed E-state index contributed by atoms with van der Waals surface area (Å²) >= 11 is 0. The van der Waals surface area contributed by atoms with Crippen molar-refractivity contribution in [3.63, 3.8) is 0 Å². The number of hydrogen-bond donors (Lipinski definition) is 0. The Labute approximate surface area is 120 Å². The van der Waals surface area contributed by atoms with Crippen LogP contribution < -0.4 is 0 Å². The Hall–Kier alpha value is -0.890. The second-order valence-electron chi connectivity index (χ2n) is 4.94. The lowest BCUT2D eigenvalue weighted by molar-refractivity contribution is 0.164. The van der Waals surface area contributed by atoms with Gasteiger partial charge in [-0.25, -0.2) is 0 Å². The van der Waals surface area contributed by atoms with Gasteiger partial charge in [-0.3, -0.25) is 9.89 Å². The minimum Gasteiger partial charge on any atom is -0.297 e. The van der Waals surface area contributed by atoms with Crippen molar-refractivity contribution in [3.05, 3.63) is 23.9 Å². The lowest BCUT2D eigenvalue weighted by Crippen LogP contribution is -2.40. The molecule has 0 saturated heterocycles. The second-order valence-corrected chi connectivity index (χ2v) is 4.94. The average Bonchev–Trinajstić information content (AvgIpc) is 2.48. The highest BCUT2D eigenvalue weighted by atomic mass is 15.2. The maximum Gasteiger partial charge on any atom is 0.0334 e. The third-order valence-corrected chi connectivity index (χ3v) is 3.84. The van der Waals surface area contributed by atoms with Crippen LogP contribution in [0.25, 0.3) is 0 Å². The van der Waals surface area contributed by atoms with Gasteiger partial charge in [-0.1, -0.05) is 45.3 Å². The number of rotatable bonds is 5. The summed E-state index contributed by atoms with van der Waals surface area (Å²) < 4.78 is 0. The topological polar surface area (TPSA) is 15.6 Å². The predicted molar refractivity (Wildman–Crippen MR) is 87.9 cm³/mol. The van der Waals surface area contributed by atoms with E-state index < -0.39 is 0 Å². The zero-order valence-electron chi connectivity index (χ0n) is 13.5. The van der Waals surface area contributed by atoms with E-state index >= 15 is 0 Å². The van der Waals surface area contributed by atoms with Gasteiger partial charge in [0.25, 0.3) is 0 Å². The number of likely N-dealkylation sites (N-methyl/N-ethyl adjacent to an activating group) is 1. The zero-order valence-corrected chi connectivity index (χ0v) is 13.5. The summed E-state index contributed by atoms with van der Waals surface area (Å²) in [6.07, 6.45) is 12.9. The molecule has 0 N–H and O–H groups in total. The van der Waals surface area contributed by atoms with E-state index in [-0.39, 0.29) is 0 Å². The molecule has 0 amide bonds. The van der Waals surface area contributed by atoms with E-state index in [0.717, 1.165) is 6.04 Å². The molecule has 0 bridgehead atoms. The molecule has 0 aliphatic heterocycles.